The molecular weight excluding hydrogens is 267 g/mol. The van der Waals surface area contributed by atoms with E-state index < -0.39 is 6.10 Å². The van der Waals surface area contributed by atoms with E-state index in [2.05, 4.69) is 15.9 Å². The van der Waals surface area contributed by atoms with Crippen LogP contribution in [0.4, 0.5) is 0 Å². The van der Waals surface area contributed by atoms with Crippen LogP contribution in [0.15, 0.2) is 10.5 Å². The van der Waals surface area contributed by atoms with E-state index in [9.17, 15) is 5.11 Å². The zero-order valence-electron chi connectivity index (χ0n) is 8.27. The molecule has 0 saturated heterocycles. The van der Waals surface area contributed by atoms with Gasteiger partial charge in [0.15, 0.2) is 0 Å². The molecule has 0 fully saturated rings. The Kier molecular flexibility index (Phi) is 3.81. The number of aliphatic hydroxyl groups is 1. The summed E-state index contributed by atoms with van der Waals surface area (Å²) in [6, 6.07) is 1.73. The highest BCUT2D eigenvalue weighted by Crippen LogP contribution is 2.39. The van der Waals surface area contributed by atoms with E-state index >= 15 is 0 Å². The van der Waals surface area contributed by atoms with Gasteiger partial charge in [-0.3, -0.25) is 0 Å². The van der Waals surface area contributed by atoms with E-state index in [1.807, 2.05) is 6.92 Å². The molecule has 0 spiro atoms. The van der Waals surface area contributed by atoms with Crippen molar-refractivity contribution in [2.75, 3.05) is 7.11 Å². The van der Waals surface area contributed by atoms with Crippen LogP contribution in [0, 0.1) is 6.92 Å². The fourth-order valence-electron chi connectivity index (χ4n) is 1.23. The number of hydrogen-bond acceptors (Lipinski definition) is 2. The van der Waals surface area contributed by atoms with Crippen LogP contribution in [0.5, 0.6) is 5.75 Å². The van der Waals surface area contributed by atoms with Crippen LogP contribution in [0.2, 0.25) is 5.02 Å². The Bertz CT molecular complexity index is 350. The van der Waals surface area contributed by atoms with Gasteiger partial charge in [-0.1, -0.05) is 11.6 Å². The van der Waals surface area contributed by atoms with E-state index in [4.69, 9.17) is 16.3 Å². The highest BCUT2D eigenvalue weighted by atomic mass is 79.9. The maximum absolute atomic E-state index is 9.52. The van der Waals surface area contributed by atoms with E-state index in [-0.39, 0.29) is 0 Å². The number of rotatable bonds is 2. The molecule has 0 bridgehead atoms. The number of benzene rings is 1. The van der Waals surface area contributed by atoms with Gasteiger partial charge in [-0.15, -0.1) is 0 Å². The standard InChI is InChI=1S/C10H12BrClO2/c1-5-8(12)4-7(6(2)13)10(14-3)9(5)11/h4,6,13H,1-3H3/t6-/m0/s1. The van der Waals surface area contributed by atoms with Crippen molar-refractivity contribution >= 4 is 27.5 Å². The van der Waals surface area contributed by atoms with Crippen molar-refractivity contribution in [3.63, 3.8) is 0 Å². The molecule has 0 unspecified atom stereocenters. The molecule has 0 radical (unpaired) electrons. The first-order chi connectivity index (χ1) is 6.49. The molecule has 0 aliphatic rings. The second-order valence-corrected chi connectivity index (χ2v) is 4.30. The molecule has 4 heteroatoms. The van der Waals surface area contributed by atoms with Gasteiger partial charge in [-0.25, -0.2) is 0 Å². The van der Waals surface area contributed by atoms with Gasteiger partial charge in [0.1, 0.15) is 5.75 Å². The average Bonchev–Trinajstić information content (AvgIpc) is 2.13. The maximum Gasteiger partial charge on any atom is 0.139 e. The third-order valence-electron chi connectivity index (χ3n) is 2.09. The zero-order valence-corrected chi connectivity index (χ0v) is 10.6. The Labute approximate surface area is 97.0 Å². The summed E-state index contributed by atoms with van der Waals surface area (Å²) in [6.07, 6.45) is -0.598. The topological polar surface area (TPSA) is 29.5 Å². The van der Waals surface area contributed by atoms with E-state index in [1.54, 1.807) is 20.1 Å². The smallest absolute Gasteiger partial charge is 0.139 e. The normalized spacial score (nSPS) is 12.7. The summed E-state index contributed by atoms with van der Waals surface area (Å²) in [4.78, 5) is 0. The summed E-state index contributed by atoms with van der Waals surface area (Å²) in [5, 5.41) is 10.1. The molecule has 0 saturated carbocycles. The molecule has 1 aromatic rings. The predicted molar refractivity (Wildman–Crippen MR) is 61.1 cm³/mol. The van der Waals surface area contributed by atoms with Gasteiger partial charge >= 0.3 is 0 Å². The molecule has 1 N–H and O–H groups in total. The number of methoxy groups -OCH3 is 1. The van der Waals surface area contributed by atoms with Gasteiger partial charge in [-0.2, -0.15) is 0 Å². The summed E-state index contributed by atoms with van der Waals surface area (Å²) in [5.41, 5.74) is 1.60. The Morgan fingerprint density at radius 3 is 2.57 bits per heavy atom. The molecule has 0 aromatic heterocycles. The molecule has 0 heterocycles. The molecule has 0 amide bonds. The Hall–Kier alpha value is -0.250. The van der Waals surface area contributed by atoms with Crippen molar-refractivity contribution in [1.82, 2.24) is 0 Å². The molecule has 2 nitrogen and oxygen atoms in total. The Morgan fingerprint density at radius 2 is 2.14 bits per heavy atom. The minimum atomic E-state index is -0.598. The van der Waals surface area contributed by atoms with Crippen molar-refractivity contribution in [2.24, 2.45) is 0 Å². The monoisotopic (exact) mass is 278 g/mol. The first kappa shape index (κ1) is 11.8. The summed E-state index contributed by atoms with van der Waals surface area (Å²) in [5.74, 6) is 0.641. The highest BCUT2D eigenvalue weighted by molar-refractivity contribution is 9.10. The number of hydrogen-bond donors (Lipinski definition) is 1. The van der Waals surface area contributed by atoms with Crippen molar-refractivity contribution in [3.05, 3.63) is 26.7 Å². The molecule has 1 aromatic carbocycles. The molecule has 0 aliphatic carbocycles. The first-order valence-electron chi connectivity index (χ1n) is 4.19. The lowest BCUT2D eigenvalue weighted by molar-refractivity contribution is 0.194. The van der Waals surface area contributed by atoms with E-state index in [0.717, 1.165) is 10.0 Å². The van der Waals surface area contributed by atoms with Gasteiger partial charge in [0.25, 0.3) is 0 Å². The number of aliphatic hydroxyl groups excluding tert-OH is 1. The average molecular weight is 280 g/mol. The lowest BCUT2D eigenvalue weighted by Gasteiger charge is -2.15. The summed E-state index contributed by atoms with van der Waals surface area (Å²) >= 11 is 9.39. The van der Waals surface area contributed by atoms with Crippen LogP contribution < -0.4 is 4.74 Å². The SMILES string of the molecule is COc1c([C@H](C)O)cc(Cl)c(C)c1Br. The molecule has 1 rings (SSSR count). The van der Waals surface area contributed by atoms with Gasteiger partial charge in [0.05, 0.1) is 17.7 Å². The van der Waals surface area contributed by atoms with Crippen LogP contribution in [-0.2, 0) is 0 Å². The summed E-state index contributed by atoms with van der Waals surface area (Å²) in [7, 11) is 1.57. The summed E-state index contributed by atoms with van der Waals surface area (Å²) < 4.78 is 6.00. The van der Waals surface area contributed by atoms with Crippen LogP contribution in [-0.4, -0.2) is 12.2 Å². The molecule has 0 aliphatic heterocycles. The largest absolute Gasteiger partial charge is 0.495 e. The van der Waals surface area contributed by atoms with Crippen LogP contribution in [0.3, 0.4) is 0 Å². The highest BCUT2D eigenvalue weighted by Gasteiger charge is 2.16. The van der Waals surface area contributed by atoms with Gasteiger partial charge in [0, 0.05) is 10.6 Å². The maximum atomic E-state index is 9.52. The number of ether oxygens (including phenoxy) is 1. The summed E-state index contributed by atoms with van der Waals surface area (Å²) in [6.45, 7) is 3.57. The Balaban J connectivity index is 3.43. The number of halogens is 2. The van der Waals surface area contributed by atoms with Gasteiger partial charge < -0.3 is 9.84 Å². The molecular formula is C10H12BrClO2. The fraction of sp³-hybridized carbons (Fsp3) is 0.400. The molecule has 14 heavy (non-hydrogen) atoms. The third kappa shape index (κ3) is 2.05. The van der Waals surface area contributed by atoms with Crippen molar-refractivity contribution in [3.8, 4) is 5.75 Å². The lowest BCUT2D eigenvalue weighted by Crippen LogP contribution is -1.99. The first-order valence-corrected chi connectivity index (χ1v) is 5.36. The van der Waals surface area contributed by atoms with Crippen LogP contribution in [0.25, 0.3) is 0 Å². The van der Waals surface area contributed by atoms with Crippen molar-refractivity contribution < 1.29 is 9.84 Å². The Morgan fingerprint density at radius 1 is 1.57 bits per heavy atom. The van der Waals surface area contributed by atoms with Gasteiger partial charge in [0.2, 0.25) is 0 Å². The zero-order chi connectivity index (χ0) is 10.9. The van der Waals surface area contributed by atoms with E-state index in [0.29, 0.717) is 16.3 Å². The molecule has 1 atom stereocenters. The third-order valence-corrected chi connectivity index (χ3v) is 3.43. The van der Waals surface area contributed by atoms with Gasteiger partial charge in [-0.05, 0) is 41.4 Å². The lowest BCUT2D eigenvalue weighted by atomic mass is 10.1. The van der Waals surface area contributed by atoms with Crippen molar-refractivity contribution in [1.29, 1.82) is 0 Å². The second kappa shape index (κ2) is 4.51. The minimum absolute atomic E-state index is 0.598. The predicted octanol–water partition coefficient (Wildman–Crippen LogP) is 3.47. The van der Waals surface area contributed by atoms with Crippen LogP contribution in [0.1, 0.15) is 24.2 Å². The van der Waals surface area contributed by atoms with E-state index in [1.165, 1.54) is 0 Å². The quantitative estimate of drug-likeness (QED) is 0.898. The minimum Gasteiger partial charge on any atom is -0.495 e. The molecule has 78 valence electrons. The van der Waals surface area contributed by atoms with Crippen molar-refractivity contribution in [2.45, 2.75) is 20.0 Å². The second-order valence-electron chi connectivity index (χ2n) is 3.10. The van der Waals surface area contributed by atoms with Crippen LogP contribution >= 0.6 is 27.5 Å². The fourth-order valence-corrected chi connectivity index (χ4v) is 2.16.